The maximum Gasteiger partial charge on any atom is 0.309 e. The van der Waals surface area contributed by atoms with Crippen molar-refractivity contribution in [2.75, 3.05) is 0 Å². The third-order valence-corrected chi connectivity index (χ3v) is 3.99. The summed E-state index contributed by atoms with van der Waals surface area (Å²) < 4.78 is 11.5. The first-order valence-electron chi connectivity index (χ1n) is 6.66. The second kappa shape index (κ2) is 4.73. The summed E-state index contributed by atoms with van der Waals surface area (Å²) in [5.74, 6) is -0.102. The number of hydrogen-bond donors (Lipinski definition) is 0. The van der Waals surface area contributed by atoms with Gasteiger partial charge in [0.15, 0.2) is 0 Å². The van der Waals surface area contributed by atoms with E-state index < -0.39 is 0 Å². The Hall–Kier alpha value is -1.35. The highest BCUT2D eigenvalue weighted by molar-refractivity contribution is 5.73. The smallest absolute Gasteiger partial charge is 0.309 e. The third kappa shape index (κ3) is 2.15. The molecular formula is C15H18O3. The minimum Gasteiger partial charge on any atom is -0.459 e. The molecule has 0 amide bonds. The first-order valence-corrected chi connectivity index (χ1v) is 6.66. The van der Waals surface area contributed by atoms with Gasteiger partial charge in [0.1, 0.15) is 11.7 Å². The van der Waals surface area contributed by atoms with Gasteiger partial charge in [-0.3, -0.25) is 4.79 Å². The van der Waals surface area contributed by atoms with E-state index in [1.807, 2.05) is 30.3 Å². The zero-order valence-corrected chi connectivity index (χ0v) is 10.4. The Labute approximate surface area is 107 Å². The molecule has 0 N–H and O–H groups in total. The quantitative estimate of drug-likeness (QED) is 0.769. The fourth-order valence-electron chi connectivity index (χ4n) is 3.01. The van der Waals surface area contributed by atoms with Crippen molar-refractivity contribution >= 4 is 5.97 Å². The van der Waals surface area contributed by atoms with E-state index in [0.717, 1.165) is 31.2 Å². The highest BCUT2D eigenvalue weighted by Crippen LogP contribution is 2.42. The van der Waals surface area contributed by atoms with Gasteiger partial charge in [-0.1, -0.05) is 36.8 Å². The van der Waals surface area contributed by atoms with Crippen molar-refractivity contribution in [2.45, 2.75) is 50.4 Å². The fraction of sp³-hybridized carbons (Fsp3) is 0.533. The van der Waals surface area contributed by atoms with Gasteiger partial charge in [-0.25, -0.2) is 0 Å². The molecule has 96 valence electrons. The first kappa shape index (κ1) is 11.7. The minimum atomic E-state index is -0.356. The Kier molecular flexibility index (Phi) is 3.08. The number of fused-ring (bicyclic) bond motifs is 1. The molecule has 1 aromatic rings. The van der Waals surface area contributed by atoms with Crippen molar-refractivity contribution in [2.24, 2.45) is 0 Å². The molecule has 1 saturated heterocycles. The van der Waals surface area contributed by atoms with Crippen molar-refractivity contribution in [1.29, 1.82) is 0 Å². The molecule has 1 saturated carbocycles. The molecule has 2 fully saturated rings. The van der Waals surface area contributed by atoms with Gasteiger partial charge in [0.2, 0.25) is 0 Å². The summed E-state index contributed by atoms with van der Waals surface area (Å²) in [4.78, 5) is 11.5. The molecule has 1 aliphatic heterocycles. The predicted molar refractivity (Wildman–Crippen MR) is 66.9 cm³/mol. The van der Waals surface area contributed by atoms with Crippen molar-refractivity contribution in [3.05, 3.63) is 35.9 Å². The molecule has 1 heterocycles. The summed E-state index contributed by atoms with van der Waals surface area (Å²) >= 11 is 0. The van der Waals surface area contributed by atoms with Crippen molar-refractivity contribution < 1.29 is 14.3 Å². The molecule has 2 aliphatic rings. The van der Waals surface area contributed by atoms with E-state index in [1.54, 1.807) is 0 Å². The van der Waals surface area contributed by atoms with E-state index >= 15 is 0 Å². The second-order valence-corrected chi connectivity index (χ2v) is 5.24. The van der Waals surface area contributed by atoms with Crippen LogP contribution in [0.4, 0.5) is 0 Å². The topological polar surface area (TPSA) is 35.5 Å². The highest BCUT2D eigenvalue weighted by Gasteiger charge is 2.51. The number of ether oxygens (including phenoxy) is 2. The van der Waals surface area contributed by atoms with Crippen LogP contribution in [0.1, 0.15) is 37.7 Å². The van der Waals surface area contributed by atoms with E-state index in [4.69, 9.17) is 9.47 Å². The number of rotatable bonds is 3. The van der Waals surface area contributed by atoms with Gasteiger partial charge in [-0.15, -0.1) is 0 Å². The van der Waals surface area contributed by atoms with Crippen LogP contribution in [0.2, 0.25) is 0 Å². The Morgan fingerprint density at radius 3 is 2.94 bits per heavy atom. The van der Waals surface area contributed by atoms with Crippen LogP contribution in [-0.2, 0) is 20.9 Å². The van der Waals surface area contributed by atoms with Crippen LogP contribution in [0.3, 0.4) is 0 Å². The van der Waals surface area contributed by atoms with Crippen molar-refractivity contribution in [3.8, 4) is 0 Å². The van der Waals surface area contributed by atoms with Gasteiger partial charge in [0, 0.05) is 0 Å². The molecule has 3 heteroatoms. The van der Waals surface area contributed by atoms with Gasteiger partial charge in [0.05, 0.1) is 13.0 Å². The Morgan fingerprint density at radius 1 is 1.28 bits per heavy atom. The summed E-state index contributed by atoms with van der Waals surface area (Å²) in [6.07, 6.45) is 4.54. The van der Waals surface area contributed by atoms with E-state index in [1.165, 1.54) is 0 Å². The van der Waals surface area contributed by atoms with E-state index in [0.29, 0.717) is 13.0 Å². The molecule has 3 nitrogen and oxygen atoms in total. The lowest BCUT2D eigenvalue weighted by molar-refractivity contribution is -0.146. The van der Waals surface area contributed by atoms with Crippen LogP contribution in [0, 0.1) is 0 Å². The zero-order chi connectivity index (χ0) is 12.4. The van der Waals surface area contributed by atoms with Gasteiger partial charge in [-0.2, -0.15) is 0 Å². The van der Waals surface area contributed by atoms with Crippen LogP contribution in [0.15, 0.2) is 30.3 Å². The van der Waals surface area contributed by atoms with Gasteiger partial charge >= 0.3 is 5.97 Å². The molecule has 0 aromatic heterocycles. The van der Waals surface area contributed by atoms with Crippen LogP contribution in [0.25, 0.3) is 0 Å². The highest BCUT2D eigenvalue weighted by atomic mass is 16.6. The Bertz CT molecular complexity index is 429. The molecule has 3 rings (SSSR count). The molecule has 1 aliphatic carbocycles. The van der Waals surface area contributed by atoms with Crippen molar-refractivity contribution in [3.63, 3.8) is 0 Å². The fourth-order valence-corrected chi connectivity index (χ4v) is 3.01. The molecule has 1 aromatic carbocycles. The van der Waals surface area contributed by atoms with Crippen LogP contribution < -0.4 is 0 Å². The summed E-state index contributed by atoms with van der Waals surface area (Å²) in [6.45, 7) is 0.563. The van der Waals surface area contributed by atoms with Gasteiger partial charge < -0.3 is 9.47 Å². The third-order valence-electron chi connectivity index (χ3n) is 3.99. The average Bonchev–Trinajstić information content (AvgIpc) is 2.74. The largest absolute Gasteiger partial charge is 0.459 e. The Balaban J connectivity index is 1.71. The predicted octanol–water partition coefficient (Wildman–Crippen LogP) is 2.83. The van der Waals surface area contributed by atoms with Crippen molar-refractivity contribution in [1.82, 2.24) is 0 Å². The van der Waals surface area contributed by atoms with Crippen LogP contribution >= 0.6 is 0 Å². The monoisotopic (exact) mass is 246 g/mol. The van der Waals surface area contributed by atoms with E-state index in [2.05, 4.69) is 0 Å². The molecule has 2 atom stereocenters. The lowest BCUT2D eigenvalue weighted by atomic mass is 9.81. The second-order valence-electron chi connectivity index (χ2n) is 5.24. The molecular weight excluding hydrogens is 228 g/mol. The standard InChI is InChI=1S/C15H18O3/c16-14-10-15(9-5-4-8-13(15)18-14)17-11-12-6-2-1-3-7-12/h1-3,6-7,13H,4-5,8-11H2/t13-,15+/m0/s1. The van der Waals surface area contributed by atoms with Gasteiger partial charge in [-0.05, 0) is 24.8 Å². The number of esters is 1. The normalized spacial score (nSPS) is 30.9. The molecule has 0 unspecified atom stereocenters. The lowest BCUT2D eigenvalue weighted by Crippen LogP contribution is -2.43. The SMILES string of the molecule is O=C1C[C@]2(OCc3ccccc3)CCCC[C@@H]2O1. The van der Waals surface area contributed by atoms with E-state index in [9.17, 15) is 4.79 Å². The van der Waals surface area contributed by atoms with Gasteiger partial charge in [0.25, 0.3) is 0 Å². The molecule has 0 bridgehead atoms. The molecule has 0 radical (unpaired) electrons. The first-order chi connectivity index (χ1) is 8.78. The summed E-state index contributed by atoms with van der Waals surface area (Å²) in [6, 6.07) is 10.1. The maximum atomic E-state index is 11.5. The summed E-state index contributed by atoms with van der Waals surface area (Å²) in [5.41, 5.74) is 0.793. The number of hydrogen-bond acceptors (Lipinski definition) is 3. The summed E-state index contributed by atoms with van der Waals surface area (Å²) in [5, 5.41) is 0. The Morgan fingerprint density at radius 2 is 2.11 bits per heavy atom. The number of carbonyl (C=O) groups is 1. The maximum absolute atomic E-state index is 11.5. The number of benzene rings is 1. The molecule has 18 heavy (non-hydrogen) atoms. The van der Waals surface area contributed by atoms with E-state index in [-0.39, 0.29) is 17.7 Å². The summed E-state index contributed by atoms with van der Waals surface area (Å²) in [7, 11) is 0. The van der Waals surface area contributed by atoms with Crippen LogP contribution in [-0.4, -0.2) is 17.7 Å². The lowest BCUT2D eigenvalue weighted by Gasteiger charge is -2.36. The average molecular weight is 246 g/mol. The number of carbonyl (C=O) groups excluding carboxylic acids is 1. The molecule has 0 spiro atoms. The minimum absolute atomic E-state index is 0.0255. The zero-order valence-electron chi connectivity index (χ0n) is 10.4. The van der Waals surface area contributed by atoms with Crippen LogP contribution in [0.5, 0.6) is 0 Å².